The van der Waals surface area contributed by atoms with Crippen molar-refractivity contribution in [3.05, 3.63) is 36.2 Å². The Morgan fingerprint density at radius 3 is 2.60 bits per heavy atom. The Morgan fingerprint density at radius 1 is 1.16 bits per heavy atom. The molecule has 1 atom stereocenters. The van der Waals surface area contributed by atoms with Gasteiger partial charge < -0.3 is 10.2 Å². The van der Waals surface area contributed by atoms with Gasteiger partial charge in [-0.05, 0) is 25.9 Å². The van der Waals surface area contributed by atoms with Crippen LogP contribution in [0.5, 0.6) is 0 Å². The number of alkyl halides is 3. The van der Waals surface area contributed by atoms with E-state index >= 15 is 0 Å². The van der Waals surface area contributed by atoms with E-state index in [2.05, 4.69) is 32.1 Å². The number of likely N-dealkylation sites (tertiary alicyclic amines) is 1. The van der Waals surface area contributed by atoms with E-state index in [-0.39, 0.29) is 11.9 Å². The second-order valence-corrected chi connectivity index (χ2v) is 8.33. The molecule has 1 aliphatic rings. The molecule has 0 amide bonds. The largest absolute Gasteiger partial charge is 0.350 e. The second-order valence-electron chi connectivity index (χ2n) is 6.05. The molecule has 8 heteroatoms. The Bertz CT molecular complexity index is 705. The lowest BCUT2D eigenvalue weighted by Crippen LogP contribution is -2.42. The van der Waals surface area contributed by atoms with Crippen molar-refractivity contribution in [2.24, 2.45) is 0 Å². The normalized spacial score (nSPS) is 19.0. The summed E-state index contributed by atoms with van der Waals surface area (Å²) in [6, 6.07) is 9.87. The Labute approximate surface area is 162 Å². The smallest absolute Gasteiger partial charge is 0.250 e. The zero-order valence-corrected chi connectivity index (χ0v) is 16.2. The molecule has 2 heterocycles. The molecular formula is C17H20Cl3N5. The van der Waals surface area contributed by atoms with Gasteiger partial charge in [-0.25, -0.2) is 4.98 Å². The highest BCUT2D eigenvalue weighted by Gasteiger charge is 2.29. The van der Waals surface area contributed by atoms with E-state index in [0.717, 1.165) is 38.0 Å². The average Bonchev–Trinajstić information content (AvgIpc) is 2.61. The number of nitrogens with zero attached hydrogens (tertiary/aromatic N) is 4. The van der Waals surface area contributed by atoms with Crippen LogP contribution in [0.25, 0.3) is 11.4 Å². The Balaban J connectivity index is 1.90. The van der Waals surface area contributed by atoms with Crippen LogP contribution in [0.1, 0.15) is 25.6 Å². The van der Waals surface area contributed by atoms with Crippen LogP contribution in [0.2, 0.25) is 0 Å². The lowest BCUT2D eigenvalue weighted by atomic mass is 10.1. The minimum Gasteiger partial charge on any atom is -0.350 e. The lowest BCUT2D eigenvalue weighted by Gasteiger charge is -2.32. The first-order chi connectivity index (χ1) is 12.0. The van der Waals surface area contributed by atoms with E-state index < -0.39 is 3.79 Å². The zero-order valence-electron chi connectivity index (χ0n) is 13.9. The number of rotatable bonds is 4. The van der Waals surface area contributed by atoms with E-state index in [1.165, 1.54) is 0 Å². The Morgan fingerprint density at radius 2 is 1.92 bits per heavy atom. The van der Waals surface area contributed by atoms with Gasteiger partial charge in [0.15, 0.2) is 11.6 Å². The predicted octanol–water partition coefficient (Wildman–Crippen LogP) is 4.26. The topological polar surface area (TPSA) is 53.9 Å². The van der Waals surface area contributed by atoms with Crippen LogP contribution in [-0.2, 0) is 3.79 Å². The average molecular weight is 401 g/mol. The summed E-state index contributed by atoms with van der Waals surface area (Å²) in [6.45, 7) is 5.27. The van der Waals surface area contributed by atoms with Crippen LogP contribution in [0, 0.1) is 0 Å². The van der Waals surface area contributed by atoms with Gasteiger partial charge in [-0.3, -0.25) is 0 Å². The van der Waals surface area contributed by atoms with Crippen molar-refractivity contribution in [1.82, 2.24) is 19.9 Å². The fourth-order valence-electron chi connectivity index (χ4n) is 2.93. The fourth-order valence-corrected chi connectivity index (χ4v) is 3.18. The molecule has 2 aromatic rings. The van der Waals surface area contributed by atoms with Crippen LogP contribution in [0.3, 0.4) is 0 Å². The first-order valence-corrected chi connectivity index (χ1v) is 9.46. The number of benzene rings is 1. The molecule has 3 rings (SSSR count). The third kappa shape index (κ3) is 4.94. The van der Waals surface area contributed by atoms with Gasteiger partial charge in [-0.1, -0.05) is 72.1 Å². The minimum absolute atomic E-state index is 0.122. The Hall–Kier alpha value is -1.14. The van der Waals surface area contributed by atoms with Gasteiger partial charge >= 0.3 is 0 Å². The van der Waals surface area contributed by atoms with Crippen LogP contribution in [0.4, 0.5) is 5.95 Å². The molecule has 0 radical (unpaired) electrons. The molecule has 1 aromatic heterocycles. The summed E-state index contributed by atoms with van der Waals surface area (Å²) in [5.74, 6) is 1.05. The highest BCUT2D eigenvalue weighted by Crippen LogP contribution is 2.36. The number of hydrogen-bond acceptors (Lipinski definition) is 5. The maximum atomic E-state index is 6.02. The standard InChI is InChI=1S/C17H20Cl3N5/c1-2-25-10-6-9-13(11-25)21-16-23-14(12-7-4-3-5-8-12)22-15(24-16)17(18,19)20/h3-5,7-8,13H,2,6,9-11H2,1H3,(H,21,22,23,24). The molecule has 134 valence electrons. The summed E-state index contributed by atoms with van der Waals surface area (Å²) >= 11 is 18.1. The first-order valence-electron chi connectivity index (χ1n) is 8.33. The number of hydrogen-bond donors (Lipinski definition) is 1. The summed E-state index contributed by atoms with van der Waals surface area (Å²) in [6.07, 6.45) is 2.20. The summed E-state index contributed by atoms with van der Waals surface area (Å²) in [4.78, 5) is 15.6. The highest BCUT2D eigenvalue weighted by atomic mass is 35.6. The Kier molecular flexibility index (Phi) is 6.00. The molecule has 1 aliphatic heterocycles. The van der Waals surface area contributed by atoms with Crippen molar-refractivity contribution < 1.29 is 0 Å². The predicted molar refractivity (Wildman–Crippen MR) is 103 cm³/mol. The van der Waals surface area contributed by atoms with Crippen LogP contribution >= 0.6 is 34.8 Å². The summed E-state index contributed by atoms with van der Waals surface area (Å²) in [5.41, 5.74) is 0.849. The molecule has 0 spiro atoms. The SMILES string of the molecule is CCN1CCCC(Nc2nc(-c3ccccc3)nc(C(Cl)(Cl)Cl)n2)C1. The van der Waals surface area contributed by atoms with Gasteiger partial charge in [0.1, 0.15) is 0 Å². The molecule has 1 unspecified atom stereocenters. The number of nitrogens with one attached hydrogen (secondary N) is 1. The zero-order chi connectivity index (χ0) is 17.9. The van der Waals surface area contributed by atoms with Gasteiger partial charge in [0.2, 0.25) is 9.74 Å². The van der Waals surface area contributed by atoms with Crippen LogP contribution in [0.15, 0.2) is 30.3 Å². The number of anilines is 1. The monoisotopic (exact) mass is 399 g/mol. The van der Waals surface area contributed by atoms with Gasteiger partial charge in [0.25, 0.3) is 0 Å². The maximum absolute atomic E-state index is 6.02. The number of halogens is 3. The van der Waals surface area contributed by atoms with E-state index in [4.69, 9.17) is 34.8 Å². The molecule has 0 aliphatic carbocycles. The minimum atomic E-state index is -1.70. The second kappa shape index (κ2) is 8.04. The van der Waals surface area contributed by atoms with Crippen molar-refractivity contribution in [3.63, 3.8) is 0 Å². The number of likely N-dealkylation sites (N-methyl/N-ethyl adjacent to an activating group) is 1. The lowest BCUT2D eigenvalue weighted by molar-refractivity contribution is 0.226. The molecule has 0 bridgehead atoms. The number of piperidine rings is 1. The molecule has 1 saturated heterocycles. The molecule has 1 N–H and O–H groups in total. The first kappa shape index (κ1) is 18.6. The van der Waals surface area contributed by atoms with Gasteiger partial charge in [0.05, 0.1) is 0 Å². The van der Waals surface area contributed by atoms with E-state index in [9.17, 15) is 0 Å². The van der Waals surface area contributed by atoms with Crippen molar-refractivity contribution in [2.45, 2.75) is 29.6 Å². The van der Waals surface area contributed by atoms with Gasteiger partial charge in [-0.2, -0.15) is 9.97 Å². The third-order valence-electron chi connectivity index (χ3n) is 4.21. The molecule has 0 saturated carbocycles. The van der Waals surface area contributed by atoms with Gasteiger partial charge in [-0.15, -0.1) is 0 Å². The number of aromatic nitrogens is 3. The van der Waals surface area contributed by atoms with E-state index in [0.29, 0.717) is 11.8 Å². The van der Waals surface area contributed by atoms with Crippen molar-refractivity contribution >= 4 is 40.8 Å². The quantitative estimate of drug-likeness (QED) is 0.777. The molecule has 1 aromatic carbocycles. The summed E-state index contributed by atoms with van der Waals surface area (Å²) < 4.78 is -1.70. The van der Waals surface area contributed by atoms with Crippen molar-refractivity contribution in [2.75, 3.05) is 25.0 Å². The van der Waals surface area contributed by atoms with Crippen molar-refractivity contribution in [1.29, 1.82) is 0 Å². The molecule has 25 heavy (non-hydrogen) atoms. The molecular weight excluding hydrogens is 381 g/mol. The van der Waals surface area contributed by atoms with Crippen LogP contribution in [-0.4, -0.2) is 45.5 Å². The van der Waals surface area contributed by atoms with E-state index in [1.54, 1.807) is 0 Å². The summed E-state index contributed by atoms with van der Waals surface area (Å²) in [7, 11) is 0. The van der Waals surface area contributed by atoms with Crippen molar-refractivity contribution in [3.8, 4) is 11.4 Å². The molecule has 5 nitrogen and oxygen atoms in total. The summed E-state index contributed by atoms with van der Waals surface area (Å²) in [5, 5.41) is 3.39. The van der Waals surface area contributed by atoms with E-state index in [1.807, 2.05) is 30.3 Å². The van der Waals surface area contributed by atoms with Crippen LogP contribution < -0.4 is 5.32 Å². The van der Waals surface area contributed by atoms with Gasteiger partial charge in [0, 0.05) is 18.2 Å². The maximum Gasteiger partial charge on any atom is 0.250 e. The third-order valence-corrected chi connectivity index (χ3v) is 4.71. The fraction of sp³-hybridized carbons (Fsp3) is 0.471. The molecule has 1 fully saturated rings. The highest BCUT2D eigenvalue weighted by molar-refractivity contribution is 6.66.